The summed E-state index contributed by atoms with van der Waals surface area (Å²) >= 11 is 0. The Kier molecular flexibility index (Phi) is 5.80. The van der Waals surface area contributed by atoms with Crippen molar-refractivity contribution >= 4 is 12.2 Å². The minimum atomic E-state index is -4.42. The molecule has 0 aliphatic rings. The highest BCUT2D eigenvalue weighted by Gasteiger charge is 2.28. The standard InChI is InChI=1S/C17H12F6N6/c18-11-3-1-10(2-4-11)13-7-14(15(19)20)26-16(25-13)27-24-8-12-5-6-29(28-12)9-17(21,22)23/h1-8,15H,9H2,(H,25,26,27)/b24-8-. The van der Waals surface area contributed by atoms with Gasteiger partial charge in [0.05, 0.1) is 11.9 Å². The number of hydrogen-bond donors (Lipinski definition) is 1. The van der Waals surface area contributed by atoms with Crippen molar-refractivity contribution in [1.29, 1.82) is 0 Å². The maximum absolute atomic E-state index is 13.1. The van der Waals surface area contributed by atoms with Crippen LogP contribution in [0.5, 0.6) is 0 Å². The molecule has 152 valence electrons. The molecule has 0 saturated carbocycles. The van der Waals surface area contributed by atoms with Crippen LogP contribution in [0.4, 0.5) is 32.3 Å². The van der Waals surface area contributed by atoms with Gasteiger partial charge in [-0.3, -0.25) is 4.68 Å². The molecule has 6 nitrogen and oxygen atoms in total. The van der Waals surface area contributed by atoms with Crippen molar-refractivity contribution in [2.75, 3.05) is 5.43 Å². The Morgan fingerprint density at radius 1 is 1.10 bits per heavy atom. The number of nitrogens with zero attached hydrogens (tertiary/aromatic N) is 5. The van der Waals surface area contributed by atoms with Crippen molar-refractivity contribution in [3.63, 3.8) is 0 Å². The van der Waals surface area contributed by atoms with Gasteiger partial charge in [0.1, 0.15) is 23.7 Å². The third-order valence-electron chi connectivity index (χ3n) is 3.47. The third kappa shape index (κ3) is 5.77. The van der Waals surface area contributed by atoms with E-state index in [9.17, 15) is 26.3 Å². The van der Waals surface area contributed by atoms with Gasteiger partial charge in [0.15, 0.2) is 0 Å². The Balaban J connectivity index is 1.78. The molecule has 0 fully saturated rings. The minimum absolute atomic E-state index is 0.102. The normalized spacial score (nSPS) is 12.1. The van der Waals surface area contributed by atoms with Crippen LogP contribution >= 0.6 is 0 Å². The molecule has 0 spiro atoms. The third-order valence-corrected chi connectivity index (χ3v) is 3.47. The van der Waals surface area contributed by atoms with Crippen LogP contribution in [-0.2, 0) is 6.54 Å². The fraction of sp³-hybridized carbons (Fsp3) is 0.176. The molecule has 0 aliphatic heterocycles. The molecule has 29 heavy (non-hydrogen) atoms. The van der Waals surface area contributed by atoms with Crippen LogP contribution in [0, 0.1) is 5.82 Å². The molecular formula is C17H12F6N6. The summed E-state index contributed by atoms with van der Waals surface area (Å²) in [6.07, 6.45) is -5.10. The highest BCUT2D eigenvalue weighted by Crippen LogP contribution is 2.25. The van der Waals surface area contributed by atoms with Crippen molar-refractivity contribution in [2.24, 2.45) is 5.10 Å². The molecule has 3 aromatic rings. The van der Waals surface area contributed by atoms with E-state index in [1.54, 1.807) is 0 Å². The van der Waals surface area contributed by atoms with E-state index in [-0.39, 0.29) is 17.3 Å². The Labute approximate surface area is 159 Å². The molecule has 0 bridgehead atoms. The fourth-order valence-electron chi connectivity index (χ4n) is 2.27. The van der Waals surface area contributed by atoms with Gasteiger partial charge < -0.3 is 0 Å². The summed E-state index contributed by atoms with van der Waals surface area (Å²) in [4.78, 5) is 7.66. The van der Waals surface area contributed by atoms with Crippen LogP contribution in [0.1, 0.15) is 17.8 Å². The van der Waals surface area contributed by atoms with Crippen LogP contribution in [0.25, 0.3) is 11.3 Å². The molecule has 0 unspecified atom stereocenters. The first-order valence-corrected chi connectivity index (χ1v) is 8.02. The lowest BCUT2D eigenvalue weighted by molar-refractivity contribution is -0.142. The molecule has 0 aliphatic carbocycles. The van der Waals surface area contributed by atoms with Gasteiger partial charge in [0, 0.05) is 11.8 Å². The lowest BCUT2D eigenvalue weighted by Gasteiger charge is -2.07. The summed E-state index contributed by atoms with van der Waals surface area (Å²) in [7, 11) is 0. The second-order valence-electron chi connectivity index (χ2n) is 5.73. The number of rotatable bonds is 6. The zero-order valence-electron chi connectivity index (χ0n) is 14.4. The molecule has 1 aromatic carbocycles. The van der Waals surface area contributed by atoms with Crippen LogP contribution in [0.15, 0.2) is 47.7 Å². The average molecular weight is 414 g/mol. The van der Waals surface area contributed by atoms with Gasteiger partial charge in [-0.2, -0.15) is 23.4 Å². The fourth-order valence-corrected chi connectivity index (χ4v) is 2.27. The van der Waals surface area contributed by atoms with E-state index in [4.69, 9.17) is 0 Å². The summed E-state index contributed by atoms with van der Waals surface area (Å²) in [5, 5.41) is 7.37. The number of hydrogen-bond acceptors (Lipinski definition) is 5. The second kappa shape index (κ2) is 8.29. The number of alkyl halides is 5. The first kappa shape index (κ1) is 20.3. The van der Waals surface area contributed by atoms with Crippen LogP contribution < -0.4 is 5.43 Å². The number of halogens is 6. The molecule has 0 amide bonds. The highest BCUT2D eigenvalue weighted by atomic mass is 19.4. The number of aromatic nitrogens is 4. The van der Waals surface area contributed by atoms with Crippen molar-refractivity contribution in [3.8, 4) is 11.3 Å². The topological polar surface area (TPSA) is 68.0 Å². The second-order valence-corrected chi connectivity index (χ2v) is 5.73. The Bertz CT molecular complexity index is 996. The summed E-state index contributed by atoms with van der Waals surface area (Å²) in [5.41, 5.74) is 2.36. The van der Waals surface area contributed by atoms with Crippen LogP contribution in [-0.4, -0.2) is 32.1 Å². The zero-order chi connectivity index (χ0) is 21.0. The Morgan fingerprint density at radius 3 is 2.48 bits per heavy atom. The summed E-state index contributed by atoms with van der Waals surface area (Å²) in [5.74, 6) is -0.766. The van der Waals surface area contributed by atoms with Crippen LogP contribution in [0.2, 0.25) is 0 Å². The van der Waals surface area contributed by atoms with Crippen molar-refractivity contribution in [2.45, 2.75) is 19.1 Å². The predicted octanol–water partition coefficient (Wildman–Crippen LogP) is 4.43. The highest BCUT2D eigenvalue weighted by molar-refractivity contribution is 5.77. The van der Waals surface area contributed by atoms with E-state index in [1.807, 2.05) is 0 Å². The first-order chi connectivity index (χ1) is 13.7. The number of anilines is 1. The molecule has 3 rings (SSSR count). The molecule has 0 atom stereocenters. The van der Waals surface area contributed by atoms with Crippen molar-refractivity contribution < 1.29 is 26.3 Å². The van der Waals surface area contributed by atoms with Crippen molar-refractivity contribution in [1.82, 2.24) is 19.7 Å². The lowest BCUT2D eigenvalue weighted by atomic mass is 10.1. The summed E-state index contributed by atoms with van der Waals surface area (Å²) in [6, 6.07) is 7.40. The van der Waals surface area contributed by atoms with Gasteiger partial charge in [-0.25, -0.2) is 28.6 Å². The van der Waals surface area contributed by atoms with Gasteiger partial charge in [0.2, 0.25) is 5.95 Å². The minimum Gasteiger partial charge on any atom is -0.263 e. The average Bonchev–Trinajstić information content (AvgIpc) is 3.07. The lowest BCUT2D eigenvalue weighted by Crippen LogP contribution is -2.18. The smallest absolute Gasteiger partial charge is 0.263 e. The number of nitrogens with one attached hydrogen (secondary N) is 1. The maximum atomic E-state index is 13.1. The van der Waals surface area contributed by atoms with E-state index < -0.39 is 30.7 Å². The Morgan fingerprint density at radius 2 is 1.83 bits per heavy atom. The number of hydrazone groups is 1. The van der Waals surface area contributed by atoms with Gasteiger partial charge >= 0.3 is 6.18 Å². The maximum Gasteiger partial charge on any atom is 0.408 e. The van der Waals surface area contributed by atoms with Gasteiger partial charge in [-0.1, -0.05) is 0 Å². The summed E-state index contributed by atoms with van der Waals surface area (Å²) < 4.78 is 76.9. The molecule has 0 saturated heterocycles. The predicted molar refractivity (Wildman–Crippen MR) is 91.9 cm³/mol. The van der Waals surface area contributed by atoms with E-state index in [1.165, 1.54) is 18.2 Å². The van der Waals surface area contributed by atoms with Gasteiger partial charge in [0.25, 0.3) is 6.43 Å². The molecule has 2 aromatic heterocycles. The van der Waals surface area contributed by atoms with E-state index in [2.05, 4.69) is 25.6 Å². The zero-order valence-corrected chi connectivity index (χ0v) is 14.4. The quantitative estimate of drug-likeness (QED) is 0.368. The van der Waals surface area contributed by atoms with E-state index in [0.29, 0.717) is 10.2 Å². The largest absolute Gasteiger partial charge is 0.408 e. The molecule has 1 N–H and O–H groups in total. The molecule has 12 heteroatoms. The SMILES string of the molecule is Fc1ccc(-c2cc(C(F)F)nc(N/N=C\c3ccn(CC(F)(F)F)n3)n2)cc1. The van der Waals surface area contributed by atoms with Gasteiger partial charge in [-0.05, 0) is 36.4 Å². The van der Waals surface area contributed by atoms with Crippen molar-refractivity contribution in [3.05, 3.63) is 59.8 Å². The van der Waals surface area contributed by atoms with E-state index in [0.717, 1.165) is 30.6 Å². The molecule has 2 heterocycles. The first-order valence-electron chi connectivity index (χ1n) is 8.02. The number of benzene rings is 1. The monoisotopic (exact) mass is 414 g/mol. The molecule has 0 radical (unpaired) electrons. The van der Waals surface area contributed by atoms with Crippen LogP contribution in [0.3, 0.4) is 0 Å². The summed E-state index contributed by atoms with van der Waals surface area (Å²) in [6.45, 7) is -1.26. The van der Waals surface area contributed by atoms with E-state index >= 15 is 0 Å². The van der Waals surface area contributed by atoms with Gasteiger partial charge in [-0.15, -0.1) is 0 Å². The molecular weight excluding hydrogens is 402 g/mol. The Hall–Kier alpha value is -3.44.